The van der Waals surface area contributed by atoms with E-state index in [4.69, 9.17) is 5.11 Å². The van der Waals surface area contributed by atoms with E-state index in [1.54, 1.807) is 12.1 Å². The van der Waals surface area contributed by atoms with Gasteiger partial charge in [0, 0.05) is 18.3 Å². The van der Waals surface area contributed by atoms with Gasteiger partial charge < -0.3 is 15.3 Å². The fourth-order valence-corrected chi connectivity index (χ4v) is 4.85. The van der Waals surface area contributed by atoms with Gasteiger partial charge in [-0.3, -0.25) is 9.59 Å². The Hall–Kier alpha value is -2.04. The molecule has 2 atom stereocenters. The van der Waals surface area contributed by atoms with Crippen molar-refractivity contribution in [2.24, 2.45) is 10.8 Å². The molecule has 1 aromatic carbocycles. The first kappa shape index (κ1) is 16.8. The monoisotopic (exact) mass is 330 g/mol. The summed E-state index contributed by atoms with van der Waals surface area (Å²) in [4.78, 5) is 26.0. The van der Waals surface area contributed by atoms with E-state index in [1.165, 1.54) is 0 Å². The van der Waals surface area contributed by atoms with Gasteiger partial charge in [-0.2, -0.15) is 0 Å². The molecule has 1 saturated carbocycles. The van der Waals surface area contributed by atoms with Crippen molar-refractivity contribution < 1.29 is 14.7 Å². The molecule has 5 heteroatoms. The van der Waals surface area contributed by atoms with Crippen LogP contribution in [0.25, 0.3) is 0 Å². The fraction of sp³-hybridized carbons (Fsp3) is 0.579. The predicted octanol–water partition coefficient (Wildman–Crippen LogP) is 3.22. The van der Waals surface area contributed by atoms with Crippen LogP contribution in [0, 0.1) is 10.8 Å². The van der Waals surface area contributed by atoms with E-state index in [-0.39, 0.29) is 29.3 Å². The van der Waals surface area contributed by atoms with Crippen LogP contribution in [0.3, 0.4) is 0 Å². The molecule has 1 aromatic rings. The topological polar surface area (TPSA) is 69.6 Å². The van der Waals surface area contributed by atoms with Crippen molar-refractivity contribution in [2.45, 2.75) is 46.1 Å². The zero-order valence-electron chi connectivity index (χ0n) is 14.6. The molecule has 1 aliphatic carbocycles. The molecule has 1 aliphatic heterocycles. The summed E-state index contributed by atoms with van der Waals surface area (Å²) in [6, 6.07) is 7.46. The van der Waals surface area contributed by atoms with Crippen LogP contribution >= 0.6 is 0 Å². The number of aliphatic carboxylic acids is 1. The number of carboxylic acid groups (broad SMARTS) is 1. The van der Waals surface area contributed by atoms with Crippen LogP contribution in [0.1, 0.15) is 50.4 Å². The maximum Gasteiger partial charge on any atom is 0.322 e. The van der Waals surface area contributed by atoms with Gasteiger partial charge in [0.2, 0.25) is 0 Å². The Morgan fingerprint density at radius 3 is 2.67 bits per heavy atom. The lowest BCUT2D eigenvalue weighted by molar-refractivity contribution is -0.134. The Morgan fingerprint density at radius 2 is 1.96 bits per heavy atom. The third-order valence-corrected chi connectivity index (χ3v) is 5.26. The van der Waals surface area contributed by atoms with Crippen LogP contribution in [-0.2, 0) is 4.79 Å². The van der Waals surface area contributed by atoms with Gasteiger partial charge in [-0.15, -0.1) is 0 Å². The highest BCUT2D eigenvalue weighted by Gasteiger charge is 2.51. The van der Waals surface area contributed by atoms with Gasteiger partial charge in [0.25, 0.3) is 5.91 Å². The van der Waals surface area contributed by atoms with Crippen LogP contribution in [0.4, 0.5) is 5.69 Å². The van der Waals surface area contributed by atoms with E-state index in [0.29, 0.717) is 11.3 Å². The number of carbonyl (C=O) groups excluding carboxylic acids is 1. The van der Waals surface area contributed by atoms with Crippen molar-refractivity contribution in [3.8, 4) is 0 Å². The van der Waals surface area contributed by atoms with Gasteiger partial charge in [-0.25, -0.2) is 0 Å². The summed E-state index contributed by atoms with van der Waals surface area (Å²) >= 11 is 0. The highest BCUT2D eigenvalue weighted by molar-refractivity contribution is 6.00. The SMILES string of the molecule is CC1(C)C[C@@H]2C[C@@](C)(CN2C(=O)c2ccccc2NCC(=O)O)C1. The first-order valence-corrected chi connectivity index (χ1v) is 8.55. The highest BCUT2D eigenvalue weighted by atomic mass is 16.4. The van der Waals surface area contributed by atoms with Crippen LogP contribution in [0.5, 0.6) is 0 Å². The highest BCUT2D eigenvalue weighted by Crippen LogP contribution is 2.52. The average Bonchev–Trinajstić information content (AvgIpc) is 2.73. The van der Waals surface area contributed by atoms with E-state index in [1.807, 2.05) is 17.0 Å². The number of hydrogen-bond acceptors (Lipinski definition) is 3. The van der Waals surface area contributed by atoms with Gasteiger partial charge in [-0.05, 0) is 42.2 Å². The van der Waals surface area contributed by atoms with E-state index < -0.39 is 5.97 Å². The lowest BCUT2D eigenvalue weighted by atomic mass is 9.65. The number of para-hydroxylation sites is 1. The number of likely N-dealkylation sites (tertiary alicyclic amines) is 1. The van der Waals surface area contributed by atoms with E-state index in [9.17, 15) is 9.59 Å². The molecule has 0 aromatic heterocycles. The Balaban J connectivity index is 1.84. The standard InChI is InChI=1S/C19H26N2O3/c1-18(2)8-13-9-19(3,11-18)12-21(13)17(24)14-6-4-5-7-15(14)20-10-16(22)23/h4-7,13,20H,8-12H2,1-3H3,(H,22,23)/t13-,19-/m1/s1. The molecule has 5 nitrogen and oxygen atoms in total. The third-order valence-electron chi connectivity index (χ3n) is 5.26. The summed E-state index contributed by atoms with van der Waals surface area (Å²) in [6.45, 7) is 7.44. The largest absolute Gasteiger partial charge is 0.480 e. The maximum absolute atomic E-state index is 13.1. The van der Waals surface area contributed by atoms with E-state index in [0.717, 1.165) is 25.8 Å². The van der Waals surface area contributed by atoms with Crippen molar-refractivity contribution in [3.05, 3.63) is 29.8 Å². The molecule has 130 valence electrons. The zero-order valence-corrected chi connectivity index (χ0v) is 14.6. The summed E-state index contributed by atoms with van der Waals surface area (Å²) < 4.78 is 0. The second-order valence-corrected chi connectivity index (χ2v) is 8.44. The molecular formula is C19H26N2O3. The quantitative estimate of drug-likeness (QED) is 0.889. The number of benzene rings is 1. The molecule has 1 saturated heterocycles. The number of carboxylic acids is 1. The molecule has 2 bridgehead atoms. The van der Waals surface area contributed by atoms with Gasteiger partial charge in [0.15, 0.2) is 0 Å². The molecule has 0 unspecified atom stereocenters. The van der Waals surface area contributed by atoms with Crippen molar-refractivity contribution >= 4 is 17.6 Å². The molecule has 2 aliphatic rings. The second-order valence-electron chi connectivity index (χ2n) is 8.44. The lowest BCUT2D eigenvalue weighted by Crippen LogP contribution is -2.38. The maximum atomic E-state index is 13.1. The van der Waals surface area contributed by atoms with Crippen molar-refractivity contribution in [1.82, 2.24) is 4.90 Å². The molecule has 3 rings (SSSR count). The number of nitrogens with one attached hydrogen (secondary N) is 1. The minimum Gasteiger partial charge on any atom is -0.480 e. The van der Waals surface area contributed by atoms with Gasteiger partial charge >= 0.3 is 5.97 Å². The Morgan fingerprint density at radius 1 is 1.25 bits per heavy atom. The van der Waals surface area contributed by atoms with Crippen LogP contribution in [0.2, 0.25) is 0 Å². The summed E-state index contributed by atoms with van der Waals surface area (Å²) in [7, 11) is 0. The summed E-state index contributed by atoms with van der Waals surface area (Å²) in [5.74, 6) is -0.932. The molecule has 1 heterocycles. The number of carbonyl (C=O) groups is 2. The second kappa shape index (κ2) is 5.80. The van der Waals surface area contributed by atoms with Gasteiger partial charge in [0.1, 0.15) is 6.54 Å². The number of amides is 1. The molecule has 0 radical (unpaired) electrons. The minimum absolute atomic E-state index is 0.00918. The molecule has 24 heavy (non-hydrogen) atoms. The molecule has 2 fully saturated rings. The molecular weight excluding hydrogens is 304 g/mol. The van der Waals surface area contributed by atoms with Crippen molar-refractivity contribution in [2.75, 3.05) is 18.4 Å². The zero-order chi connectivity index (χ0) is 17.5. The van der Waals surface area contributed by atoms with Crippen LogP contribution in [-0.4, -0.2) is 41.0 Å². The smallest absolute Gasteiger partial charge is 0.322 e. The Labute approximate surface area is 143 Å². The third kappa shape index (κ3) is 3.25. The summed E-state index contributed by atoms with van der Waals surface area (Å²) in [5, 5.41) is 11.7. The van der Waals surface area contributed by atoms with Crippen LogP contribution in [0.15, 0.2) is 24.3 Å². The van der Waals surface area contributed by atoms with Crippen LogP contribution < -0.4 is 5.32 Å². The number of hydrogen-bond donors (Lipinski definition) is 2. The number of rotatable bonds is 4. The predicted molar refractivity (Wildman–Crippen MR) is 93.1 cm³/mol. The molecule has 0 spiro atoms. The normalized spacial score (nSPS) is 27.8. The first-order chi connectivity index (χ1) is 11.2. The van der Waals surface area contributed by atoms with Crippen molar-refractivity contribution in [3.63, 3.8) is 0 Å². The van der Waals surface area contributed by atoms with E-state index in [2.05, 4.69) is 26.1 Å². The van der Waals surface area contributed by atoms with Gasteiger partial charge in [0.05, 0.1) is 5.56 Å². The fourth-order valence-electron chi connectivity index (χ4n) is 4.85. The van der Waals surface area contributed by atoms with Gasteiger partial charge in [-0.1, -0.05) is 32.9 Å². The number of anilines is 1. The first-order valence-electron chi connectivity index (χ1n) is 8.55. The number of nitrogens with zero attached hydrogens (tertiary/aromatic N) is 1. The number of fused-ring (bicyclic) bond motifs is 2. The molecule has 1 amide bonds. The minimum atomic E-state index is -0.941. The average molecular weight is 330 g/mol. The Bertz CT molecular complexity index is 670. The lowest BCUT2D eigenvalue weighted by Gasteiger charge is -2.39. The summed E-state index contributed by atoms with van der Waals surface area (Å²) in [6.07, 6.45) is 3.23. The van der Waals surface area contributed by atoms with E-state index >= 15 is 0 Å². The molecule has 2 N–H and O–H groups in total. The van der Waals surface area contributed by atoms with Crippen molar-refractivity contribution in [1.29, 1.82) is 0 Å². The Kier molecular flexibility index (Phi) is 4.06. The summed E-state index contributed by atoms with van der Waals surface area (Å²) in [5.41, 5.74) is 1.60.